The van der Waals surface area contributed by atoms with Crippen molar-refractivity contribution in [1.82, 2.24) is 0 Å². The predicted octanol–water partition coefficient (Wildman–Crippen LogP) is 2.73. The maximum atomic E-state index is 2.35. The van der Waals surface area contributed by atoms with Gasteiger partial charge in [-0.2, -0.15) is 0 Å². The Morgan fingerprint density at radius 2 is 2.00 bits per heavy atom. The first-order valence-corrected chi connectivity index (χ1v) is 6.96. The highest BCUT2D eigenvalue weighted by Crippen LogP contribution is 2.48. The molecule has 0 nitrogen and oxygen atoms in total. The summed E-state index contributed by atoms with van der Waals surface area (Å²) < 4.78 is 0. The third kappa shape index (κ3) is 6.86. The van der Waals surface area contributed by atoms with E-state index in [1.807, 2.05) is 0 Å². The van der Waals surface area contributed by atoms with Gasteiger partial charge in [-0.05, 0) is 19.5 Å². The summed E-state index contributed by atoms with van der Waals surface area (Å²) in [6.45, 7) is 6.96. The van der Waals surface area contributed by atoms with Crippen molar-refractivity contribution >= 4 is 15.9 Å². The van der Waals surface area contributed by atoms with Gasteiger partial charge in [0.05, 0.1) is 0 Å². The Labute approximate surface area is 49.5 Å². The molecule has 7 heavy (non-hydrogen) atoms. The Kier molecular flexibility index (Phi) is 5.62. The molecule has 1 unspecified atom stereocenters. The van der Waals surface area contributed by atoms with E-state index in [9.17, 15) is 0 Å². The molecular formula is C5H14P2. The minimum Gasteiger partial charge on any atom is -0.0966 e. The molecule has 0 aliphatic heterocycles. The molecule has 0 radical (unpaired) electrons. The highest BCUT2D eigenvalue weighted by Gasteiger charge is 1.87. The highest BCUT2D eigenvalue weighted by atomic mass is 32.0. The van der Waals surface area contributed by atoms with Crippen molar-refractivity contribution < 1.29 is 0 Å². The summed E-state index contributed by atoms with van der Waals surface area (Å²) in [5.41, 5.74) is 0. The van der Waals surface area contributed by atoms with Crippen LogP contribution < -0.4 is 0 Å². The van der Waals surface area contributed by atoms with Gasteiger partial charge in [0.1, 0.15) is 0 Å². The summed E-state index contributed by atoms with van der Waals surface area (Å²) in [7, 11) is 1.67. The van der Waals surface area contributed by atoms with Crippen molar-refractivity contribution in [2.75, 3.05) is 19.5 Å². The molecule has 44 valence electrons. The first kappa shape index (κ1) is 7.86. The van der Waals surface area contributed by atoms with E-state index in [-0.39, 0.29) is 0 Å². The lowest BCUT2D eigenvalue weighted by molar-refractivity contribution is 1.11. The molecule has 0 saturated carbocycles. The standard InChI is InChI=1S/C5H14P2/c1-4-5-6-7(2)3/h6H,4-5H2,1-3H3. The minimum absolute atomic E-state index is 0.421. The zero-order chi connectivity index (χ0) is 5.70. The fourth-order valence-electron chi connectivity index (χ4n) is 0.335. The predicted molar refractivity (Wildman–Crippen MR) is 42.2 cm³/mol. The molecule has 0 heterocycles. The molecule has 1 atom stereocenters. The van der Waals surface area contributed by atoms with Gasteiger partial charge in [-0.3, -0.25) is 0 Å². The van der Waals surface area contributed by atoms with Crippen LogP contribution in [0.1, 0.15) is 13.3 Å². The smallest absolute Gasteiger partial charge is 0.0317 e. The lowest BCUT2D eigenvalue weighted by Gasteiger charge is -2.00. The van der Waals surface area contributed by atoms with Gasteiger partial charge in [0.15, 0.2) is 0 Å². The molecule has 0 fully saturated rings. The normalized spacial score (nSPS) is 12.0. The summed E-state index contributed by atoms with van der Waals surface area (Å²) in [5, 5.41) is 0. The molecule has 0 aliphatic carbocycles. The topological polar surface area (TPSA) is 0 Å². The van der Waals surface area contributed by atoms with Gasteiger partial charge < -0.3 is 0 Å². The van der Waals surface area contributed by atoms with E-state index in [1.165, 1.54) is 20.9 Å². The molecule has 0 aromatic rings. The number of hydrogen-bond acceptors (Lipinski definition) is 0. The average Bonchev–Trinajstić information content (AvgIpc) is 1.61. The fourth-order valence-corrected chi connectivity index (χ4v) is 3.02. The molecule has 0 spiro atoms. The van der Waals surface area contributed by atoms with E-state index in [4.69, 9.17) is 0 Å². The second-order valence-corrected chi connectivity index (χ2v) is 8.04. The van der Waals surface area contributed by atoms with Crippen LogP contribution in [0.25, 0.3) is 0 Å². The Morgan fingerprint density at radius 1 is 1.43 bits per heavy atom. The van der Waals surface area contributed by atoms with E-state index in [0.717, 1.165) is 0 Å². The number of hydrogen-bond donors (Lipinski definition) is 0. The van der Waals surface area contributed by atoms with Crippen molar-refractivity contribution in [2.45, 2.75) is 13.3 Å². The molecule has 0 aromatic heterocycles. The van der Waals surface area contributed by atoms with Crippen molar-refractivity contribution in [1.29, 1.82) is 0 Å². The van der Waals surface area contributed by atoms with E-state index in [0.29, 0.717) is 7.61 Å². The summed E-state index contributed by atoms with van der Waals surface area (Å²) in [6.07, 6.45) is 2.83. The zero-order valence-corrected chi connectivity index (χ0v) is 7.26. The largest absolute Gasteiger partial charge is 0.0966 e. The molecular weight excluding hydrogens is 122 g/mol. The third-order valence-electron chi connectivity index (χ3n) is 0.678. The van der Waals surface area contributed by atoms with Crippen molar-refractivity contribution in [3.05, 3.63) is 0 Å². The van der Waals surface area contributed by atoms with Gasteiger partial charge >= 0.3 is 0 Å². The van der Waals surface area contributed by atoms with Crippen LogP contribution >= 0.6 is 15.9 Å². The van der Waals surface area contributed by atoms with Crippen LogP contribution in [0.3, 0.4) is 0 Å². The summed E-state index contributed by atoms with van der Waals surface area (Å²) >= 11 is 0. The molecule has 0 rings (SSSR count). The van der Waals surface area contributed by atoms with Gasteiger partial charge in [-0.1, -0.05) is 29.2 Å². The minimum atomic E-state index is 0.421. The molecule has 0 N–H and O–H groups in total. The molecule has 2 heteroatoms. The van der Waals surface area contributed by atoms with E-state index in [2.05, 4.69) is 20.3 Å². The van der Waals surface area contributed by atoms with Crippen LogP contribution in [0.2, 0.25) is 0 Å². The van der Waals surface area contributed by atoms with E-state index >= 15 is 0 Å². The van der Waals surface area contributed by atoms with Crippen molar-refractivity contribution in [2.24, 2.45) is 0 Å². The van der Waals surface area contributed by atoms with Crippen LogP contribution in [0.15, 0.2) is 0 Å². The van der Waals surface area contributed by atoms with Crippen LogP contribution in [0.4, 0.5) is 0 Å². The van der Waals surface area contributed by atoms with Gasteiger partial charge in [0.25, 0.3) is 0 Å². The highest BCUT2D eigenvalue weighted by molar-refractivity contribution is 8.20. The van der Waals surface area contributed by atoms with Crippen LogP contribution in [0, 0.1) is 0 Å². The van der Waals surface area contributed by atoms with E-state index < -0.39 is 0 Å². The van der Waals surface area contributed by atoms with Gasteiger partial charge in [0.2, 0.25) is 0 Å². The third-order valence-corrected chi connectivity index (χ3v) is 4.60. The first-order chi connectivity index (χ1) is 3.27. The Hall–Kier alpha value is 0.860. The summed E-state index contributed by atoms with van der Waals surface area (Å²) in [5.74, 6) is 0. The molecule has 0 bridgehead atoms. The van der Waals surface area contributed by atoms with E-state index in [1.54, 1.807) is 0 Å². The van der Waals surface area contributed by atoms with Gasteiger partial charge in [-0.15, -0.1) is 0 Å². The zero-order valence-electron chi connectivity index (χ0n) is 5.36. The Balaban J connectivity index is 2.68. The Bertz CT molecular complexity index is 35.1. The monoisotopic (exact) mass is 136 g/mol. The summed E-state index contributed by atoms with van der Waals surface area (Å²) in [6, 6.07) is 0. The quantitative estimate of drug-likeness (QED) is 0.523. The summed E-state index contributed by atoms with van der Waals surface area (Å²) in [4.78, 5) is 0. The molecule has 0 saturated heterocycles. The van der Waals surface area contributed by atoms with Gasteiger partial charge in [-0.25, -0.2) is 0 Å². The maximum absolute atomic E-state index is 2.35. The molecule has 0 amide bonds. The molecule has 0 aromatic carbocycles. The SMILES string of the molecule is CCCPP(C)C. The maximum Gasteiger partial charge on any atom is -0.0317 e. The van der Waals surface area contributed by atoms with Crippen LogP contribution in [0.5, 0.6) is 0 Å². The van der Waals surface area contributed by atoms with Crippen LogP contribution in [-0.4, -0.2) is 19.5 Å². The average molecular weight is 136 g/mol. The van der Waals surface area contributed by atoms with Crippen LogP contribution in [-0.2, 0) is 0 Å². The lowest BCUT2D eigenvalue weighted by atomic mass is 10.6. The second-order valence-electron chi connectivity index (χ2n) is 1.80. The number of rotatable bonds is 3. The fraction of sp³-hybridized carbons (Fsp3) is 1.00. The van der Waals surface area contributed by atoms with Gasteiger partial charge in [0, 0.05) is 0 Å². The van der Waals surface area contributed by atoms with Crippen molar-refractivity contribution in [3.63, 3.8) is 0 Å². The first-order valence-electron chi connectivity index (χ1n) is 2.68. The van der Waals surface area contributed by atoms with Crippen molar-refractivity contribution in [3.8, 4) is 0 Å². The molecule has 0 aliphatic rings. The lowest BCUT2D eigenvalue weighted by Crippen LogP contribution is -1.64. The second kappa shape index (κ2) is 5.01. The Morgan fingerprint density at radius 3 is 2.14 bits per heavy atom.